The van der Waals surface area contributed by atoms with Gasteiger partial charge in [0.15, 0.2) is 0 Å². The average molecular weight is 451 g/mol. The van der Waals surface area contributed by atoms with Gasteiger partial charge in [-0.15, -0.1) is 0 Å². The summed E-state index contributed by atoms with van der Waals surface area (Å²) in [5, 5.41) is 2.80. The summed E-state index contributed by atoms with van der Waals surface area (Å²) in [6, 6.07) is 9.59. The highest BCUT2D eigenvalue weighted by Crippen LogP contribution is 2.31. The Morgan fingerprint density at radius 1 is 1.09 bits per heavy atom. The summed E-state index contributed by atoms with van der Waals surface area (Å²) in [6.07, 6.45) is 3.53. The Labute approximate surface area is 196 Å². The first kappa shape index (κ1) is 23.3. The number of aryl methyl sites for hydroxylation is 1. The fraction of sp³-hybridized carbons (Fsp3) is 0.520. The van der Waals surface area contributed by atoms with Crippen molar-refractivity contribution in [3.05, 3.63) is 53.5 Å². The number of likely N-dealkylation sites (tertiary alicyclic amines) is 1. The fourth-order valence-corrected chi connectivity index (χ4v) is 4.58. The number of pyridine rings is 2. The van der Waals surface area contributed by atoms with Crippen LogP contribution >= 0.6 is 0 Å². The van der Waals surface area contributed by atoms with Crippen LogP contribution < -0.4 is 5.32 Å². The first-order chi connectivity index (χ1) is 15.9. The minimum absolute atomic E-state index is 0.0836. The van der Waals surface area contributed by atoms with Gasteiger partial charge in [0, 0.05) is 45.0 Å². The molecule has 2 aliphatic rings. The second-order valence-electron chi connectivity index (χ2n) is 9.27. The number of hydrogen-bond acceptors (Lipinski definition) is 6. The Bertz CT molecular complexity index is 969. The summed E-state index contributed by atoms with van der Waals surface area (Å²) >= 11 is 0. The van der Waals surface area contributed by atoms with Crippen LogP contribution in [-0.2, 0) is 4.79 Å². The molecule has 2 aromatic rings. The topological polar surface area (TPSA) is 81.7 Å². The molecule has 8 nitrogen and oxygen atoms in total. The van der Waals surface area contributed by atoms with Gasteiger partial charge < -0.3 is 10.2 Å². The van der Waals surface area contributed by atoms with Crippen molar-refractivity contribution in [1.82, 2.24) is 24.7 Å². The number of hydrogen-bond donors (Lipinski definition) is 1. The summed E-state index contributed by atoms with van der Waals surface area (Å²) in [5.41, 5.74) is 2.13. The molecule has 0 bridgehead atoms. The molecule has 0 saturated carbocycles. The van der Waals surface area contributed by atoms with Crippen molar-refractivity contribution in [2.75, 3.05) is 44.6 Å². The molecular formula is C25H34N6O2. The number of carbonyl (C=O) groups excluding carboxylic acids is 2. The summed E-state index contributed by atoms with van der Waals surface area (Å²) in [7, 11) is 0. The molecule has 1 unspecified atom stereocenters. The SMILES string of the molecule is Cc1ccc(NC(=O)c2cccc(C3CCCN3C(=O)CN3CCN(C(C)C)CC3)n2)nc1. The molecule has 1 atom stereocenters. The van der Waals surface area contributed by atoms with E-state index in [1.165, 1.54) is 0 Å². The van der Waals surface area contributed by atoms with Crippen LogP contribution in [0.3, 0.4) is 0 Å². The Hall–Kier alpha value is -2.84. The highest BCUT2D eigenvalue weighted by molar-refractivity contribution is 6.02. The number of rotatable bonds is 6. The van der Waals surface area contributed by atoms with Crippen LogP contribution in [0, 0.1) is 6.92 Å². The first-order valence-corrected chi connectivity index (χ1v) is 11.9. The van der Waals surface area contributed by atoms with Gasteiger partial charge in [-0.2, -0.15) is 0 Å². The molecule has 0 aliphatic carbocycles. The average Bonchev–Trinajstić information content (AvgIpc) is 3.31. The van der Waals surface area contributed by atoms with Crippen LogP contribution in [-0.4, -0.2) is 81.8 Å². The summed E-state index contributed by atoms with van der Waals surface area (Å²) in [6.45, 7) is 11.4. The molecule has 4 heterocycles. The quantitative estimate of drug-likeness (QED) is 0.729. The van der Waals surface area contributed by atoms with Crippen LogP contribution in [0.4, 0.5) is 5.82 Å². The number of nitrogens with one attached hydrogen (secondary N) is 1. The van der Waals surface area contributed by atoms with Crippen LogP contribution in [0.25, 0.3) is 0 Å². The first-order valence-electron chi connectivity index (χ1n) is 11.9. The fourth-order valence-electron chi connectivity index (χ4n) is 4.58. The van der Waals surface area contributed by atoms with Gasteiger partial charge in [-0.3, -0.25) is 19.4 Å². The van der Waals surface area contributed by atoms with Gasteiger partial charge in [0.1, 0.15) is 11.5 Å². The van der Waals surface area contributed by atoms with E-state index in [1.54, 1.807) is 18.3 Å². The smallest absolute Gasteiger partial charge is 0.275 e. The van der Waals surface area contributed by atoms with Crippen LogP contribution in [0.15, 0.2) is 36.5 Å². The maximum absolute atomic E-state index is 13.2. The molecule has 2 saturated heterocycles. The van der Waals surface area contributed by atoms with Gasteiger partial charge in [-0.1, -0.05) is 12.1 Å². The Morgan fingerprint density at radius 2 is 1.88 bits per heavy atom. The zero-order chi connectivity index (χ0) is 23.4. The molecule has 2 amide bonds. The number of piperazine rings is 1. The summed E-state index contributed by atoms with van der Waals surface area (Å²) < 4.78 is 0. The Kier molecular flexibility index (Phi) is 7.35. The molecule has 1 N–H and O–H groups in total. The van der Waals surface area contributed by atoms with E-state index in [9.17, 15) is 9.59 Å². The highest BCUT2D eigenvalue weighted by atomic mass is 16.2. The van der Waals surface area contributed by atoms with E-state index in [4.69, 9.17) is 0 Å². The molecule has 0 radical (unpaired) electrons. The van der Waals surface area contributed by atoms with Gasteiger partial charge in [0.2, 0.25) is 5.91 Å². The molecular weight excluding hydrogens is 416 g/mol. The lowest BCUT2D eigenvalue weighted by Gasteiger charge is -2.37. The lowest BCUT2D eigenvalue weighted by atomic mass is 10.1. The van der Waals surface area contributed by atoms with E-state index < -0.39 is 0 Å². The van der Waals surface area contributed by atoms with E-state index in [-0.39, 0.29) is 17.9 Å². The third-order valence-electron chi connectivity index (χ3n) is 6.57. The molecule has 33 heavy (non-hydrogen) atoms. The van der Waals surface area contributed by atoms with Gasteiger partial charge in [0.25, 0.3) is 5.91 Å². The van der Waals surface area contributed by atoms with Gasteiger partial charge in [-0.25, -0.2) is 9.97 Å². The minimum atomic E-state index is -0.299. The third-order valence-corrected chi connectivity index (χ3v) is 6.57. The highest BCUT2D eigenvalue weighted by Gasteiger charge is 2.32. The predicted octanol–water partition coefficient (Wildman–Crippen LogP) is 2.73. The van der Waals surface area contributed by atoms with Crippen molar-refractivity contribution < 1.29 is 9.59 Å². The minimum Gasteiger partial charge on any atom is -0.333 e. The summed E-state index contributed by atoms with van der Waals surface area (Å²) in [5.74, 6) is 0.344. The molecule has 2 aromatic heterocycles. The maximum Gasteiger partial charge on any atom is 0.275 e. The lowest BCUT2D eigenvalue weighted by Crippen LogP contribution is -2.51. The van der Waals surface area contributed by atoms with Gasteiger partial charge in [-0.05, 0) is 57.4 Å². The normalized spacial score (nSPS) is 19.8. The van der Waals surface area contributed by atoms with E-state index in [0.717, 1.165) is 56.8 Å². The van der Waals surface area contributed by atoms with E-state index in [0.29, 0.717) is 24.1 Å². The second-order valence-corrected chi connectivity index (χ2v) is 9.27. The van der Waals surface area contributed by atoms with Crippen molar-refractivity contribution in [1.29, 1.82) is 0 Å². The number of amides is 2. The van der Waals surface area contributed by atoms with E-state index >= 15 is 0 Å². The predicted molar refractivity (Wildman–Crippen MR) is 128 cm³/mol. The van der Waals surface area contributed by atoms with Crippen LogP contribution in [0.2, 0.25) is 0 Å². The number of aromatic nitrogens is 2. The number of nitrogens with zero attached hydrogens (tertiary/aromatic N) is 5. The zero-order valence-corrected chi connectivity index (χ0v) is 19.8. The maximum atomic E-state index is 13.2. The Morgan fingerprint density at radius 3 is 2.58 bits per heavy atom. The monoisotopic (exact) mass is 450 g/mol. The number of anilines is 1. The van der Waals surface area contributed by atoms with Crippen molar-refractivity contribution in [3.8, 4) is 0 Å². The van der Waals surface area contributed by atoms with Crippen molar-refractivity contribution >= 4 is 17.6 Å². The molecule has 0 aromatic carbocycles. The van der Waals surface area contributed by atoms with Gasteiger partial charge in [0.05, 0.1) is 18.3 Å². The van der Waals surface area contributed by atoms with Crippen LogP contribution in [0.5, 0.6) is 0 Å². The van der Waals surface area contributed by atoms with Crippen molar-refractivity contribution in [2.45, 2.75) is 45.7 Å². The Balaban J connectivity index is 1.39. The van der Waals surface area contributed by atoms with E-state index in [1.807, 2.05) is 30.0 Å². The second kappa shape index (κ2) is 10.4. The van der Waals surface area contributed by atoms with Crippen LogP contribution in [0.1, 0.15) is 54.5 Å². The number of carbonyl (C=O) groups is 2. The molecule has 0 spiro atoms. The van der Waals surface area contributed by atoms with Crippen molar-refractivity contribution in [3.63, 3.8) is 0 Å². The zero-order valence-electron chi connectivity index (χ0n) is 19.8. The van der Waals surface area contributed by atoms with E-state index in [2.05, 4.69) is 38.9 Å². The molecule has 2 fully saturated rings. The lowest BCUT2D eigenvalue weighted by molar-refractivity contribution is -0.133. The molecule has 176 valence electrons. The van der Waals surface area contributed by atoms with Crippen molar-refractivity contribution in [2.24, 2.45) is 0 Å². The summed E-state index contributed by atoms with van der Waals surface area (Å²) in [4.78, 5) is 41.4. The third kappa shape index (κ3) is 5.75. The molecule has 4 rings (SSSR count). The van der Waals surface area contributed by atoms with Gasteiger partial charge >= 0.3 is 0 Å². The molecule has 8 heteroatoms. The standard InChI is InChI=1S/C25H34N6O2/c1-18(2)30-14-12-29(13-15-30)17-24(32)31-11-5-8-22(31)20-6-4-7-21(27-20)25(33)28-23-10-9-19(3)16-26-23/h4,6-7,9-10,16,18,22H,5,8,11-15,17H2,1-3H3,(H,26,28,33). The largest absolute Gasteiger partial charge is 0.333 e. The molecule has 2 aliphatic heterocycles.